The Bertz CT molecular complexity index is 172. The normalized spacial score (nSPS) is 31.1. The zero-order valence-corrected chi connectivity index (χ0v) is 9.34. The topological polar surface area (TPSA) is 18.5 Å². The van der Waals surface area contributed by atoms with E-state index < -0.39 is 0 Å². The highest BCUT2D eigenvalue weighted by atomic mass is 15.3. The summed E-state index contributed by atoms with van der Waals surface area (Å²) in [5, 5.41) is 3.26. The van der Waals surface area contributed by atoms with Crippen LogP contribution in [-0.4, -0.2) is 55.7 Å². The maximum absolute atomic E-state index is 3.26. The molecular weight excluding hydrogens is 174 g/mol. The monoisotopic (exact) mass is 197 g/mol. The summed E-state index contributed by atoms with van der Waals surface area (Å²) >= 11 is 0. The predicted octanol–water partition coefficient (Wildman–Crippen LogP) is 0.723. The highest BCUT2D eigenvalue weighted by Crippen LogP contribution is 2.20. The van der Waals surface area contributed by atoms with Crippen LogP contribution in [0.3, 0.4) is 0 Å². The fourth-order valence-electron chi connectivity index (χ4n) is 2.76. The minimum atomic E-state index is 0.847. The molecule has 2 fully saturated rings. The van der Waals surface area contributed by atoms with Crippen LogP contribution < -0.4 is 5.32 Å². The van der Waals surface area contributed by atoms with Crippen molar-refractivity contribution in [3.8, 4) is 0 Å². The highest BCUT2D eigenvalue weighted by Gasteiger charge is 2.27. The second-order valence-electron chi connectivity index (χ2n) is 4.63. The maximum Gasteiger partial charge on any atom is 0.0479 e. The minimum absolute atomic E-state index is 0.847. The molecule has 0 spiro atoms. The van der Waals surface area contributed by atoms with Gasteiger partial charge in [-0.2, -0.15) is 0 Å². The molecule has 2 aliphatic heterocycles. The van der Waals surface area contributed by atoms with Crippen LogP contribution in [0, 0.1) is 0 Å². The molecule has 0 bridgehead atoms. The molecule has 14 heavy (non-hydrogen) atoms. The summed E-state index contributed by atoms with van der Waals surface area (Å²) in [6.07, 6.45) is 5.72. The van der Waals surface area contributed by atoms with Crippen molar-refractivity contribution >= 4 is 0 Å². The minimum Gasteiger partial charge on any atom is -0.307 e. The maximum atomic E-state index is 3.26. The van der Waals surface area contributed by atoms with Gasteiger partial charge in [-0.05, 0) is 26.4 Å². The smallest absolute Gasteiger partial charge is 0.0479 e. The number of nitrogens with one attached hydrogen (secondary N) is 1. The molecule has 2 aliphatic rings. The molecule has 0 radical (unpaired) electrons. The molecule has 2 heterocycles. The van der Waals surface area contributed by atoms with Gasteiger partial charge in [0, 0.05) is 32.3 Å². The third kappa shape index (κ3) is 2.47. The van der Waals surface area contributed by atoms with Gasteiger partial charge in [0.1, 0.15) is 0 Å². The first-order valence-electron chi connectivity index (χ1n) is 6.01. The van der Waals surface area contributed by atoms with Gasteiger partial charge in [0.05, 0.1) is 0 Å². The lowest BCUT2D eigenvalue weighted by molar-refractivity contribution is 0.0728. The number of nitrogens with zero attached hydrogens (tertiary/aromatic N) is 2. The van der Waals surface area contributed by atoms with Crippen molar-refractivity contribution in [2.24, 2.45) is 0 Å². The van der Waals surface area contributed by atoms with Gasteiger partial charge in [-0.25, -0.2) is 0 Å². The second kappa shape index (κ2) is 5.10. The molecule has 0 amide bonds. The van der Waals surface area contributed by atoms with Crippen LogP contribution in [0.1, 0.15) is 25.7 Å². The van der Waals surface area contributed by atoms with Crippen LogP contribution in [0.4, 0.5) is 0 Å². The Kier molecular flexibility index (Phi) is 3.79. The largest absolute Gasteiger partial charge is 0.307 e. The fourth-order valence-corrected chi connectivity index (χ4v) is 2.76. The van der Waals surface area contributed by atoms with E-state index in [0.717, 1.165) is 12.7 Å². The molecule has 0 saturated carbocycles. The van der Waals surface area contributed by atoms with Crippen LogP contribution >= 0.6 is 0 Å². The van der Waals surface area contributed by atoms with E-state index in [4.69, 9.17) is 0 Å². The van der Waals surface area contributed by atoms with Gasteiger partial charge in [0.2, 0.25) is 0 Å². The van der Waals surface area contributed by atoms with E-state index in [9.17, 15) is 0 Å². The number of hydrogen-bond donors (Lipinski definition) is 1. The number of rotatable bonds is 2. The number of fused-ring (bicyclic) bond motifs is 1. The van der Waals surface area contributed by atoms with Gasteiger partial charge in [-0.3, -0.25) is 9.80 Å². The number of piperazine rings is 1. The van der Waals surface area contributed by atoms with Crippen LogP contribution in [0.25, 0.3) is 0 Å². The quantitative estimate of drug-likeness (QED) is 0.704. The molecule has 1 unspecified atom stereocenters. The van der Waals surface area contributed by atoms with Crippen molar-refractivity contribution in [1.29, 1.82) is 0 Å². The molecule has 0 aromatic carbocycles. The van der Waals surface area contributed by atoms with Crippen molar-refractivity contribution in [1.82, 2.24) is 15.1 Å². The first kappa shape index (κ1) is 10.4. The molecule has 3 heteroatoms. The molecule has 1 N–H and O–H groups in total. The Hall–Kier alpha value is -0.120. The Labute approximate surface area is 87.4 Å². The van der Waals surface area contributed by atoms with Crippen molar-refractivity contribution in [2.45, 2.75) is 31.7 Å². The molecule has 1 atom stereocenters. The molecule has 2 saturated heterocycles. The van der Waals surface area contributed by atoms with Gasteiger partial charge < -0.3 is 5.32 Å². The zero-order valence-electron chi connectivity index (χ0n) is 9.34. The summed E-state index contributed by atoms with van der Waals surface area (Å²) in [7, 11) is 2.04. The Balaban J connectivity index is 1.86. The fraction of sp³-hybridized carbons (Fsp3) is 1.00. The van der Waals surface area contributed by atoms with Crippen LogP contribution in [0.5, 0.6) is 0 Å². The summed E-state index contributed by atoms with van der Waals surface area (Å²) < 4.78 is 0. The summed E-state index contributed by atoms with van der Waals surface area (Å²) in [5.74, 6) is 0. The Morgan fingerprint density at radius 3 is 2.93 bits per heavy atom. The molecule has 0 aromatic heterocycles. The molecule has 3 nitrogen and oxygen atoms in total. The highest BCUT2D eigenvalue weighted by molar-refractivity contribution is 4.83. The van der Waals surface area contributed by atoms with E-state index in [1.54, 1.807) is 0 Å². The van der Waals surface area contributed by atoms with E-state index in [1.807, 2.05) is 7.05 Å². The predicted molar refractivity (Wildman–Crippen MR) is 59.3 cm³/mol. The molecule has 2 rings (SSSR count). The van der Waals surface area contributed by atoms with Crippen LogP contribution in [-0.2, 0) is 0 Å². The van der Waals surface area contributed by atoms with Crippen molar-refractivity contribution in [3.05, 3.63) is 0 Å². The third-order valence-corrected chi connectivity index (χ3v) is 3.55. The molecule has 82 valence electrons. The average molecular weight is 197 g/mol. The first-order valence-corrected chi connectivity index (χ1v) is 6.01. The summed E-state index contributed by atoms with van der Waals surface area (Å²) in [6, 6.07) is 0.847. The lowest BCUT2D eigenvalue weighted by Crippen LogP contribution is -2.54. The number of hydrogen-bond acceptors (Lipinski definition) is 3. The van der Waals surface area contributed by atoms with Crippen LogP contribution in [0.2, 0.25) is 0 Å². The summed E-state index contributed by atoms with van der Waals surface area (Å²) in [4.78, 5) is 5.26. The van der Waals surface area contributed by atoms with Crippen LogP contribution in [0.15, 0.2) is 0 Å². The van der Waals surface area contributed by atoms with Gasteiger partial charge in [0.25, 0.3) is 0 Å². The summed E-state index contributed by atoms with van der Waals surface area (Å²) in [6.45, 7) is 6.22. The summed E-state index contributed by atoms with van der Waals surface area (Å²) in [5.41, 5.74) is 0. The van der Waals surface area contributed by atoms with Gasteiger partial charge in [-0.15, -0.1) is 0 Å². The van der Waals surface area contributed by atoms with Gasteiger partial charge in [-0.1, -0.05) is 12.8 Å². The van der Waals surface area contributed by atoms with Crippen molar-refractivity contribution in [2.75, 3.05) is 39.9 Å². The van der Waals surface area contributed by atoms with E-state index in [0.29, 0.717) is 0 Å². The Morgan fingerprint density at radius 2 is 2.07 bits per heavy atom. The second-order valence-corrected chi connectivity index (χ2v) is 4.63. The molecular formula is C11H23N3. The van der Waals surface area contributed by atoms with E-state index in [-0.39, 0.29) is 0 Å². The van der Waals surface area contributed by atoms with Gasteiger partial charge >= 0.3 is 0 Å². The molecule has 0 aromatic rings. The van der Waals surface area contributed by atoms with Crippen molar-refractivity contribution < 1.29 is 0 Å². The zero-order chi connectivity index (χ0) is 9.80. The van der Waals surface area contributed by atoms with E-state index in [2.05, 4.69) is 15.1 Å². The first-order chi connectivity index (χ1) is 6.90. The van der Waals surface area contributed by atoms with Crippen molar-refractivity contribution in [3.63, 3.8) is 0 Å². The standard InChI is InChI=1S/C11H23N3/c1-12-10-13-7-8-14-6-4-2-3-5-11(14)9-13/h11-12H,2-10H2,1H3. The Morgan fingerprint density at radius 1 is 1.14 bits per heavy atom. The lowest BCUT2D eigenvalue weighted by Gasteiger charge is -2.40. The SMILES string of the molecule is CNCN1CCN2CCCCCC2C1. The average Bonchev–Trinajstić information content (AvgIpc) is 2.42. The van der Waals surface area contributed by atoms with Gasteiger partial charge in [0.15, 0.2) is 0 Å². The third-order valence-electron chi connectivity index (χ3n) is 3.55. The lowest BCUT2D eigenvalue weighted by atomic mass is 10.1. The van der Waals surface area contributed by atoms with E-state index in [1.165, 1.54) is 51.9 Å². The molecule has 0 aliphatic carbocycles. The van der Waals surface area contributed by atoms with E-state index >= 15 is 0 Å².